The molecule has 16 heavy (non-hydrogen) atoms. The highest BCUT2D eigenvalue weighted by Gasteiger charge is 2.05. The van der Waals surface area contributed by atoms with Crippen molar-refractivity contribution >= 4 is 5.91 Å². The number of carbonyl (C=O) groups is 1. The molecule has 0 bridgehead atoms. The second-order valence-electron chi connectivity index (χ2n) is 4.19. The molecule has 88 valence electrons. The van der Waals surface area contributed by atoms with Crippen molar-refractivity contribution in [1.29, 1.82) is 0 Å². The predicted octanol–water partition coefficient (Wildman–Crippen LogP) is 1.39. The Hall–Kier alpha value is -1.35. The van der Waals surface area contributed by atoms with Gasteiger partial charge in [0.05, 0.1) is 0 Å². The molecule has 1 amide bonds. The largest absolute Gasteiger partial charge is 0.352 e. The third-order valence-electron chi connectivity index (χ3n) is 2.48. The highest BCUT2D eigenvalue weighted by molar-refractivity contribution is 5.76. The molecular formula is C13H20N2O. The van der Waals surface area contributed by atoms with E-state index in [2.05, 4.69) is 24.4 Å². The Kier molecular flexibility index (Phi) is 4.99. The number of hydrogen-bond acceptors (Lipinski definition) is 2. The summed E-state index contributed by atoms with van der Waals surface area (Å²) in [6.45, 7) is 4.45. The van der Waals surface area contributed by atoms with Gasteiger partial charge in [-0.15, -0.1) is 0 Å². The van der Waals surface area contributed by atoms with E-state index in [1.165, 1.54) is 11.1 Å². The van der Waals surface area contributed by atoms with Gasteiger partial charge in [-0.3, -0.25) is 4.79 Å². The van der Waals surface area contributed by atoms with Crippen molar-refractivity contribution in [1.82, 2.24) is 5.32 Å². The zero-order chi connectivity index (χ0) is 12.0. The molecule has 0 heterocycles. The average Bonchev–Trinajstić information content (AvgIpc) is 2.26. The van der Waals surface area contributed by atoms with Crippen molar-refractivity contribution in [3.63, 3.8) is 0 Å². The van der Waals surface area contributed by atoms with Crippen LogP contribution in [-0.4, -0.2) is 18.5 Å². The van der Waals surface area contributed by atoms with Crippen molar-refractivity contribution in [2.75, 3.05) is 6.54 Å². The van der Waals surface area contributed by atoms with Crippen LogP contribution in [0.1, 0.15) is 24.5 Å². The van der Waals surface area contributed by atoms with Crippen molar-refractivity contribution in [2.24, 2.45) is 5.73 Å². The van der Waals surface area contributed by atoms with Gasteiger partial charge in [0.25, 0.3) is 0 Å². The van der Waals surface area contributed by atoms with Crippen LogP contribution in [0.4, 0.5) is 0 Å². The van der Waals surface area contributed by atoms with Crippen LogP contribution < -0.4 is 11.1 Å². The number of nitrogens with one attached hydrogen (secondary N) is 1. The van der Waals surface area contributed by atoms with Crippen LogP contribution in [0.5, 0.6) is 0 Å². The van der Waals surface area contributed by atoms with Crippen molar-refractivity contribution in [3.05, 3.63) is 35.4 Å². The number of rotatable bonds is 5. The maximum atomic E-state index is 11.5. The molecule has 1 atom stereocenters. The first-order chi connectivity index (χ1) is 7.61. The van der Waals surface area contributed by atoms with E-state index >= 15 is 0 Å². The molecule has 3 heteroatoms. The molecule has 3 N–H and O–H groups in total. The topological polar surface area (TPSA) is 55.1 Å². The van der Waals surface area contributed by atoms with Crippen LogP contribution >= 0.6 is 0 Å². The lowest BCUT2D eigenvalue weighted by atomic mass is 10.1. The summed E-state index contributed by atoms with van der Waals surface area (Å²) in [6, 6.07) is 8.29. The minimum absolute atomic E-state index is 0.0602. The van der Waals surface area contributed by atoms with Gasteiger partial charge in [0, 0.05) is 19.0 Å². The first-order valence-corrected chi connectivity index (χ1v) is 5.67. The lowest BCUT2D eigenvalue weighted by molar-refractivity contribution is -0.121. The fourth-order valence-electron chi connectivity index (χ4n) is 1.53. The maximum Gasteiger partial charge on any atom is 0.220 e. The first-order valence-electron chi connectivity index (χ1n) is 5.67. The summed E-state index contributed by atoms with van der Waals surface area (Å²) in [5.41, 5.74) is 7.87. The highest BCUT2D eigenvalue weighted by Crippen LogP contribution is 2.06. The zero-order valence-electron chi connectivity index (χ0n) is 9.99. The smallest absolute Gasteiger partial charge is 0.220 e. The molecule has 1 aromatic rings. The lowest BCUT2D eigenvalue weighted by Gasteiger charge is -2.11. The van der Waals surface area contributed by atoms with E-state index in [9.17, 15) is 4.79 Å². The Balaban J connectivity index is 2.37. The van der Waals surface area contributed by atoms with Crippen LogP contribution in [0.25, 0.3) is 0 Å². The molecule has 0 aliphatic rings. The molecule has 0 radical (unpaired) electrons. The summed E-state index contributed by atoms with van der Waals surface area (Å²) in [6.07, 6.45) is 1.30. The number of benzene rings is 1. The molecule has 1 aromatic carbocycles. The molecule has 3 nitrogen and oxygen atoms in total. The quantitative estimate of drug-likeness (QED) is 0.788. The Morgan fingerprint density at radius 3 is 2.88 bits per heavy atom. The van der Waals surface area contributed by atoms with Crippen LogP contribution in [-0.2, 0) is 11.2 Å². The van der Waals surface area contributed by atoms with Gasteiger partial charge in [-0.2, -0.15) is 0 Å². The van der Waals surface area contributed by atoms with Crippen LogP contribution in [0, 0.1) is 6.92 Å². The number of amides is 1. The molecule has 0 unspecified atom stereocenters. The van der Waals surface area contributed by atoms with E-state index in [1.54, 1.807) is 0 Å². The van der Waals surface area contributed by atoms with E-state index in [1.807, 2.05) is 19.1 Å². The number of aryl methyl sites for hydroxylation is 2. The Morgan fingerprint density at radius 1 is 1.50 bits per heavy atom. The average molecular weight is 220 g/mol. The van der Waals surface area contributed by atoms with Crippen molar-refractivity contribution in [3.8, 4) is 0 Å². The molecule has 0 spiro atoms. The summed E-state index contributed by atoms with van der Waals surface area (Å²) in [7, 11) is 0. The monoisotopic (exact) mass is 220 g/mol. The molecule has 0 aliphatic heterocycles. The van der Waals surface area contributed by atoms with Gasteiger partial charge in [-0.1, -0.05) is 29.8 Å². The van der Waals surface area contributed by atoms with Gasteiger partial charge < -0.3 is 11.1 Å². The molecule has 1 rings (SSSR count). The lowest BCUT2D eigenvalue weighted by Crippen LogP contribution is -2.37. The van der Waals surface area contributed by atoms with Gasteiger partial charge in [-0.25, -0.2) is 0 Å². The van der Waals surface area contributed by atoms with Gasteiger partial charge >= 0.3 is 0 Å². The van der Waals surface area contributed by atoms with Crippen LogP contribution in [0.15, 0.2) is 24.3 Å². The number of hydrogen-bond donors (Lipinski definition) is 2. The summed E-state index contributed by atoms with van der Waals surface area (Å²) in [5.74, 6) is 0.0689. The van der Waals surface area contributed by atoms with Crippen LogP contribution in [0.3, 0.4) is 0 Å². The first kappa shape index (κ1) is 12.7. The van der Waals surface area contributed by atoms with Crippen molar-refractivity contribution in [2.45, 2.75) is 32.7 Å². The number of carbonyl (C=O) groups excluding carboxylic acids is 1. The summed E-state index contributed by atoms with van der Waals surface area (Å²) < 4.78 is 0. The Morgan fingerprint density at radius 2 is 2.25 bits per heavy atom. The molecule has 0 saturated heterocycles. The summed E-state index contributed by atoms with van der Waals surface area (Å²) >= 11 is 0. The standard InChI is InChI=1S/C13H20N2O/c1-10-4-3-5-12(8-10)6-7-13(16)15-11(2)9-14/h3-5,8,11H,6-7,9,14H2,1-2H3,(H,15,16)/t11-/m0/s1. The maximum absolute atomic E-state index is 11.5. The predicted molar refractivity (Wildman–Crippen MR) is 66.2 cm³/mol. The molecule has 0 aliphatic carbocycles. The second kappa shape index (κ2) is 6.28. The SMILES string of the molecule is Cc1cccc(CCC(=O)N[C@@H](C)CN)c1. The summed E-state index contributed by atoms with van der Waals surface area (Å²) in [5, 5.41) is 2.85. The minimum Gasteiger partial charge on any atom is -0.352 e. The van der Waals surface area contributed by atoms with Gasteiger partial charge in [0.2, 0.25) is 5.91 Å². The second-order valence-corrected chi connectivity index (χ2v) is 4.19. The minimum atomic E-state index is 0.0602. The molecular weight excluding hydrogens is 200 g/mol. The Labute approximate surface area is 97.0 Å². The van der Waals surface area contributed by atoms with E-state index in [-0.39, 0.29) is 11.9 Å². The number of nitrogens with two attached hydrogens (primary N) is 1. The van der Waals surface area contributed by atoms with Crippen LogP contribution in [0.2, 0.25) is 0 Å². The highest BCUT2D eigenvalue weighted by atomic mass is 16.1. The molecule has 0 fully saturated rings. The molecule has 0 aromatic heterocycles. The van der Waals surface area contributed by atoms with Gasteiger partial charge in [0.15, 0.2) is 0 Å². The normalized spacial score (nSPS) is 12.2. The van der Waals surface area contributed by atoms with E-state index < -0.39 is 0 Å². The van der Waals surface area contributed by atoms with E-state index in [0.717, 1.165) is 6.42 Å². The third-order valence-corrected chi connectivity index (χ3v) is 2.48. The fraction of sp³-hybridized carbons (Fsp3) is 0.462. The fourth-order valence-corrected chi connectivity index (χ4v) is 1.53. The third kappa shape index (κ3) is 4.45. The van der Waals surface area contributed by atoms with E-state index in [4.69, 9.17) is 5.73 Å². The Bertz CT molecular complexity index is 350. The van der Waals surface area contributed by atoms with Crippen molar-refractivity contribution < 1.29 is 4.79 Å². The van der Waals surface area contributed by atoms with Gasteiger partial charge in [-0.05, 0) is 25.8 Å². The van der Waals surface area contributed by atoms with Gasteiger partial charge in [0.1, 0.15) is 0 Å². The van der Waals surface area contributed by atoms with E-state index in [0.29, 0.717) is 13.0 Å². The zero-order valence-corrected chi connectivity index (χ0v) is 9.99. The summed E-state index contributed by atoms with van der Waals surface area (Å²) in [4.78, 5) is 11.5. The molecule has 0 saturated carbocycles.